The van der Waals surface area contributed by atoms with Crippen LogP contribution in [0.3, 0.4) is 0 Å². The third kappa shape index (κ3) is 6.44. The molecule has 1 aromatic heterocycles. The Morgan fingerprint density at radius 2 is 1.45 bits per heavy atom. The molecule has 0 aliphatic heterocycles. The number of fused-ring (bicyclic) bond motifs is 1. The Kier molecular flexibility index (Phi) is 8.62. The quantitative estimate of drug-likeness (QED) is 0.168. The minimum Gasteiger partial charge on any atom is -0.489 e. The normalized spacial score (nSPS) is 10.8. The molecule has 5 N–H and O–H groups in total. The van der Waals surface area contributed by atoms with Gasteiger partial charge in [-0.15, -0.1) is 0 Å². The zero-order chi connectivity index (χ0) is 23.5. The molecule has 0 fully saturated rings. The minimum absolute atomic E-state index is 0.404. The van der Waals surface area contributed by atoms with Crippen molar-refractivity contribution < 1.29 is 9.47 Å². The number of hydrazine groups is 1. The lowest BCUT2D eigenvalue weighted by Gasteiger charge is -2.10. The van der Waals surface area contributed by atoms with Crippen LogP contribution in [0.15, 0.2) is 90.0 Å². The van der Waals surface area contributed by atoms with Crippen molar-refractivity contribution in [3.8, 4) is 11.5 Å². The number of nitrogens with zero attached hydrogens (tertiary/aromatic N) is 2. The number of hydrogen-bond donors (Lipinski definition) is 3. The number of benzene rings is 3. The van der Waals surface area contributed by atoms with Crippen molar-refractivity contribution in [1.29, 1.82) is 0 Å². The Morgan fingerprint density at radius 3 is 2.12 bits per heavy atom. The Morgan fingerprint density at radius 1 is 0.818 bits per heavy atom. The van der Waals surface area contributed by atoms with Crippen LogP contribution in [0.4, 0.5) is 0 Å². The van der Waals surface area contributed by atoms with Crippen molar-refractivity contribution in [2.75, 3.05) is 0 Å². The highest BCUT2D eigenvalue weighted by Gasteiger charge is 2.03. The Hall–Kier alpha value is -4.10. The molecule has 7 heteroatoms. The van der Waals surface area contributed by atoms with E-state index in [0.717, 1.165) is 39.2 Å². The molecule has 0 amide bonds. The second-order valence-corrected chi connectivity index (χ2v) is 6.86. The molecule has 0 bridgehead atoms. The first-order chi connectivity index (χ1) is 16.2. The fourth-order valence-electron chi connectivity index (χ4n) is 3.10. The molecule has 7 nitrogen and oxygen atoms in total. The van der Waals surface area contributed by atoms with E-state index in [1.54, 1.807) is 0 Å². The molecule has 0 saturated carbocycles. The zero-order valence-electron chi connectivity index (χ0n) is 18.9. The van der Waals surface area contributed by atoms with E-state index < -0.39 is 0 Å². The van der Waals surface area contributed by atoms with Crippen molar-refractivity contribution in [3.63, 3.8) is 0 Å². The number of pyridine rings is 1. The van der Waals surface area contributed by atoms with Crippen LogP contribution < -0.4 is 26.6 Å². The van der Waals surface area contributed by atoms with Crippen LogP contribution >= 0.6 is 0 Å². The van der Waals surface area contributed by atoms with Gasteiger partial charge in [0.2, 0.25) is 0 Å². The number of para-hydroxylation sites is 1. The highest BCUT2D eigenvalue weighted by Crippen LogP contribution is 2.18. The summed E-state index contributed by atoms with van der Waals surface area (Å²) in [6.45, 7) is 4.86. The average Bonchev–Trinajstić information content (AvgIpc) is 2.89. The van der Waals surface area contributed by atoms with Gasteiger partial charge in [-0.05, 0) is 54.1 Å². The molecule has 1 heterocycles. The van der Waals surface area contributed by atoms with Gasteiger partial charge in [0, 0.05) is 10.9 Å². The molecule has 0 unspecified atom stereocenters. The predicted molar refractivity (Wildman–Crippen MR) is 133 cm³/mol. The summed E-state index contributed by atoms with van der Waals surface area (Å²) in [5.74, 6) is 12.6. The molecule has 0 aliphatic carbocycles. The molecule has 0 atom stereocenters. The van der Waals surface area contributed by atoms with Gasteiger partial charge in [0.1, 0.15) is 24.7 Å². The lowest BCUT2D eigenvalue weighted by molar-refractivity contribution is 0.298. The van der Waals surface area contributed by atoms with Crippen LogP contribution in [-0.4, -0.2) is 10.8 Å². The lowest BCUT2D eigenvalue weighted by Crippen LogP contribution is -2.31. The minimum atomic E-state index is 0.404. The number of hydrogen-bond acceptors (Lipinski definition) is 6. The van der Waals surface area contributed by atoms with Gasteiger partial charge in [0.05, 0.1) is 11.2 Å². The molecule has 170 valence electrons. The molecule has 0 aliphatic rings. The Labute approximate surface area is 194 Å². The summed E-state index contributed by atoms with van der Waals surface area (Å²) in [5.41, 5.74) is 6.12. The van der Waals surface area contributed by atoms with Crippen molar-refractivity contribution in [3.05, 3.63) is 102 Å². The molecule has 0 saturated heterocycles. The second kappa shape index (κ2) is 12.1. The summed E-state index contributed by atoms with van der Waals surface area (Å²) in [5, 5.41) is 4.70. The standard InChI is InChI=1S/C24H23N5O2.C2H6/c25-28-24(29-26)19-8-13-22(14-9-19)30-15-17-5-11-21(12-6-17)31-16-20-10-7-18-3-1-2-4-23(18)27-20;1-2/h1-14H,15-16,25-26H2,(H,28,29);1-2H3. The van der Waals surface area contributed by atoms with Gasteiger partial charge in [-0.3, -0.25) is 0 Å². The first-order valence-corrected chi connectivity index (χ1v) is 10.8. The van der Waals surface area contributed by atoms with Crippen LogP contribution in [0.2, 0.25) is 0 Å². The number of amidine groups is 1. The van der Waals surface area contributed by atoms with E-state index in [0.29, 0.717) is 19.0 Å². The van der Waals surface area contributed by atoms with Gasteiger partial charge in [-0.25, -0.2) is 10.8 Å². The van der Waals surface area contributed by atoms with Gasteiger partial charge in [-0.1, -0.05) is 50.2 Å². The van der Waals surface area contributed by atoms with Crippen LogP contribution in [0.1, 0.15) is 30.7 Å². The summed E-state index contributed by atoms with van der Waals surface area (Å²) in [7, 11) is 0. The van der Waals surface area contributed by atoms with Crippen molar-refractivity contribution in [1.82, 2.24) is 10.4 Å². The van der Waals surface area contributed by atoms with E-state index in [1.165, 1.54) is 0 Å². The average molecular weight is 444 g/mol. The number of rotatable bonds is 7. The van der Waals surface area contributed by atoms with Crippen LogP contribution in [0.5, 0.6) is 11.5 Å². The number of aromatic nitrogens is 1. The SMILES string of the molecule is CC.N/N=C(\NN)c1ccc(OCc2ccc(OCc3ccc4ccccc4n3)cc2)cc1. The largest absolute Gasteiger partial charge is 0.489 e. The fourth-order valence-corrected chi connectivity index (χ4v) is 3.10. The molecule has 33 heavy (non-hydrogen) atoms. The monoisotopic (exact) mass is 443 g/mol. The number of hydrazone groups is 1. The highest BCUT2D eigenvalue weighted by molar-refractivity contribution is 5.98. The number of nitrogens with two attached hydrogens (primary N) is 2. The van der Waals surface area contributed by atoms with Crippen LogP contribution in [-0.2, 0) is 13.2 Å². The highest BCUT2D eigenvalue weighted by atomic mass is 16.5. The molecule has 0 spiro atoms. The third-order valence-corrected chi connectivity index (χ3v) is 4.77. The van der Waals surface area contributed by atoms with E-state index in [4.69, 9.17) is 21.2 Å². The molecule has 4 aromatic rings. The van der Waals surface area contributed by atoms with Gasteiger partial charge < -0.3 is 20.7 Å². The summed E-state index contributed by atoms with van der Waals surface area (Å²) in [6, 6.07) is 27.3. The van der Waals surface area contributed by atoms with Crippen molar-refractivity contribution in [2.45, 2.75) is 27.1 Å². The summed E-state index contributed by atoms with van der Waals surface area (Å²) in [6.07, 6.45) is 0. The topological polar surface area (TPSA) is 108 Å². The maximum atomic E-state index is 5.87. The van der Waals surface area contributed by atoms with E-state index in [-0.39, 0.29) is 0 Å². The van der Waals surface area contributed by atoms with Crippen molar-refractivity contribution >= 4 is 16.7 Å². The van der Waals surface area contributed by atoms with Gasteiger partial charge in [0.25, 0.3) is 0 Å². The molecular weight excluding hydrogens is 414 g/mol. The number of ether oxygens (including phenoxy) is 2. The second-order valence-electron chi connectivity index (χ2n) is 6.86. The first-order valence-electron chi connectivity index (χ1n) is 10.8. The molecule has 0 radical (unpaired) electrons. The first kappa shape index (κ1) is 23.6. The summed E-state index contributed by atoms with van der Waals surface area (Å²) >= 11 is 0. The predicted octanol–water partition coefficient (Wildman–Crippen LogP) is 4.50. The van der Waals surface area contributed by atoms with Crippen molar-refractivity contribution in [2.24, 2.45) is 16.8 Å². The third-order valence-electron chi connectivity index (χ3n) is 4.77. The Bertz CT molecular complexity index is 1180. The van der Waals surface area contributed by atoms with E-state index >= 15 is 0 Å². The summed E-state index contributed by atoms with van der Waals surface area (Å²) < 4.78 is 11.7. The van der Waals surface area contributed by atoms with Gasteiger partial charge in [0.15, 0.2) is 5.84 Å². The smallest absolute Gasteiger partial charge is 0.166 e. The summed E-state index contributed by atoms with van der Waals surface area (Å²) in [4.78, 5) is 4.63. The van der Waals surface area contributed by atoms with Gasteiger partial charge >= 0.3 is 0 Å². The lowest BCUT2D eigenvalue weighted by atomic mass is 10.2. The van der Waals surface area contributed by atoms with Crippen LogP contribution in [0.25, 0.3) is 10.9 Å². The molecule has 4 rings (SSSR count). The zero-order valence-corrected chi connectivity index (χ0v) is 18.9. The number of nitrogens with one attached hydrogen (secondary N) is 1. The van der Waals surface area contributed by atoms with Gasteiger partial charge in [-0.2, -0.15) is 5.10 Å². The maximum absolute atomic E-state index is 5.87. The molecular formula is C26H29N5O2. The van der Waals surface area contributed by atoms with E-state index in [9.17, 15) is 0 Å². The van der Waals surface area contributed by atoms with E-state index in [2.05, 4.69) is 21.6 Å². The van der Waals surface area contributed by atoms with E-state index in [1.807, 2.05) is 92.7 Å². The fraction of sp³-hybridized carbons (Fsp3) is 0.154. The molecule has 3 aromatic carbocycles. The maximum Gasteiger partial charge on any atom is 0.166 e. The Balaban J connectivity index is 0.00000149. The van der Waals surface area contributed by atoms with Crippen LogP contribution in [0, 0.1) is 0 Å².